The summed E-state index contributed by atoms with van der Waals surface area (Å²) < 4.78 is 9.82. The van der Waals surface area contributed by atoms with E-state index in [1.54, 1.807) is 0 Å². The molecule has 2 nitrogen and oxygen atoms in total. The van der Waals surface area contributed by atoms with E-state index in [2.05, 4.69) is 40.7 Å². The standard InChI is InChI=1S/C5H4N2S/c1-6-4-2-3-5-7-8/h6H,1H3/i/hD. The molecule has 8 heavy (non-hydrogen) atoms. The average Bonchev–Trinajstić information content (AvgIpc) is 1.80. The molecule has 0 unspecified atom stereocenters. The molecule has 0 fully saturated rings. The van der Waals surface area contributed by atoms with Crippen molar-refractivity contribution in [3.8, 4) is 23.9 Å². The molecule has 0 atom stereocenters. The van der Waals surface area contributed by atoms with Crippen LogP contribution in [0.1, 0.15) is 0 Å². The van der Waals surface area contributed by atoms with Gasteiger partial charge in [-0.15, -0.1) is 4.36 Å². The minimum absolute atomic E-state index is 0.956. The lowest BCUT2D eigenvalue weighted by Gasteiger charge is -1.68. The molecule has 1 N–H and O–H groups in total. The van der Waals surface area contributed by atoms with Gasteiger partial charge in [-0.25, -0.2) is 0 Å². The van der Waals surface area contributed by atoms with Gasteiger partial charge in [0.05, 0.1) is 18.5 Å². The van der Waals surface area contributed by atoms with Gasteiger partial charge in [0.1, 0.15) is 0 Å². The SMILES string of the molecule is [2H]N(C)C#CC#CN=S. The van der Waals surface area contributed by atoms with Crippen LogP contribution in [0, 0.1) is 23.9 Å². The molecule has 0 aliphatic carbocycles. The van der Waals surface area contributed by atoms with Crippen LogP contribution >= 0.6 is 0 Å². The molecule has 0 aliphatic rings. The maximum atomic E-state index is 6.75. The Balaban J connectivity index is 3.75. The second-order valence-electron chi connectivity index (χ2n) is 0.789. The van der Waals surface area contributed by atoms with Crippen molar-refractivity contribution in [2.45, 2.75) is 0 Å². The highest BCUT2D eigenvalue weighted by atomic mass is 32.1. The van der Waals surface area contributed by atoms with Crippen LogP contribution < -0.4 is 5.31 Å². The summed E-state index contributed by atoms with van der Waals surface area (Å²) in [6, 6.07) is 4.56. The molecule has 0 radical (unpaired) electrons. The summed E-state index contributed by atoms with van der Waals surface area (Å²) in [5.74, 6) is 4.68. The van der Waals surface area contributed by atoms with Gasteiger partial charge in [-0.2, -0.15) is 0 Å². The van der Waals surface area contributed by atoms with Crippen molar-refractivity contribution in [3.05, 3.63) is 0 Å². The van der Waals surface area contributed by atoms with E-state index in [-0.39, 0.29) is 0 Å². The summed E-state index contributed by atoms with van der Waals surface area (Å²) in [4.78, 5) is 0. The van der Waals surface area contributed by atoms with E-state index < -0.39 is 0 Å². The largest absolute Gasteiger partial charge is 0.348 e. The summed E-state index contributed by atoms with van der Waals surface area (Å²) in [6.07, 6.45) is 0. The van der Waals surface area contributed by atoms with Crippen LogP contribution in [-0.4, -0.2) is 7.05 Å². The molecule has 0 amide bonds. The van der Waals surface area contributed by atoms with Crippen LogP contribution in [0.5, 0.6) is 0 Å². The van der Waals surface area contributed by atoms with Crippen LogP contribution in [0.4, 0.5) is 0 Å². The van der Waals surface area contributed by atoms with Crippen molar-refractivity contribution in [1.29, 1.82) is 0 Å². The first-order valence-electron chi connectivity index (χ1n) is 2.27. The van der Waals surface area contributed by atoms with Crippen molar-refractivity contribution >= 4 is 12.4 Å². The first-order chi connectivity index (χ1) is 4.27. The van der Waals surface area contributed by atoms with Gasteiger partial charge in [-0.05, 0) is 0 Å². The molecule has 0 saturated heterocycles. The predicted molar refractivity (Wildman–Crippen MR) is 34.4 cm³/mol. The number of rotatable bonds is 0. The second-order valence-corrected chi connectivity index (χ2v) is 0.971. The lowest BCUT2D eigenvalue weighted by molar-refractivity contribution is 1.16. The van der Waals surface area contributed by atoms with Gasteiger partial charge in [0.25, 0.3) is 0 Å². The van der Waals surface area contributed by atoms with E-state index in [9.17, 15) is 0 Å². The number of hydrogen-bond donors (Lipinski definition) is 1. The van der Waals surface area contributed by atoms with Crippen LogP contribution in [0.3, 0.4) is 0 Å². The molecule has 0 saturated carbocycles. The zero-order valence-electron chi connectivity index (χ0n) is 5.30. The van der Waals surface area contributed by atoms with Gasteiger partial charge < -0.3 is 5.31 Å². The van der Waals surface area contributed by atoms with E-state index in [0.29, 0.717) is 0 Å². The zero-order valence-corrected chi connectivity index (χ0v) is 5.12. The van der Waals surface area contributed by atoms with E-state index in [1.165, 1.54) is 7.05 Å². The fourth-order valence-corrected chi connectivity index (χ4v) is 0.180. The zero-order chi connectivity index (χ0) is 7.11. The molecule has 3 heteroatoms. The Morgan fingerprint density at radius 1 is 1.75 bits per heavy atom. The highest BCUT2D eigenvalue weighted by Crippen LogP contribution is 1.52. The first kappa shape index (κ1) is 5.08. The fourth-order valence-electron chi connectivity index (χ4n) is 0.135. The summed E-state index contributed by atoms with van der Waals surface area (Å²) >= 11 is 4.15. The third-order valence-corrected chi connectivity index (χ3v) is 0.423. The van der Waals surface area contributed by atoms with E-state index >= 15 is 0 Å². The van der Waals surface area contributed by atoms with Crippen LogP contribution in [-0.2, 0) is 12.4 Å². The molecule has 0 aromatic rings. The van der Waals surface area contributed by atoms with Crippen molar-refractivity contribution in [1.82, 2.24) is 5.31 Å². The minimum Gasteiger partial charge on any atom is -0.348 e. The molecule has 0 heterocycles. The Hall–Kier alpha value is -1.06. The maximum absolute atomic E-state index is 6.75. The number of nitrogens with zero attached hydrogens (tertiary/aromatic N) is 1. The topological polar surface area (TPSA) is 24.4 Å². The predicted octanol–water partition coefficient (Wildman–Crippen LogP) is -0.142. The Bertz CT molecular complexity index is 202. The van der Waals surface area contributed by atoms with Gasteiger partial charge in [0.15, 0.2) is 1.41 Å². The first-order valence-corrected chi connectivity index (χ1v) is 2.19. The highest BCUT2D eigenvalue weighted by Gasteiger charge is 1.52. The second kappa shape index (κ2) is 5.94. The molecular weight excluding hydrogens is 120 g/mol. The molecule has 0 rings (SSSR count). The Morgan fingerprint density at radius 2 is 2.50 bits per heavy atom. The lowest BCUT2D eigenvalue weighted by Crippen LogP contribution is -1.90. The Kier molecular flexibility index (Phi) is 3.77. The highest BCUT2D eigenvalue weighted by molar-refractivity contribution is 7.47. The fraction of sp³-hybridized carbons (Fsp3) is 0.200. The molecule has 40 valence electrons. The van der Waals surface area contributed by atoms with Gasteiger partial charge in [-0.1, -0.05) is 0 Å². The molecule has 0 aromatic heterocycles. The van der Waals surface area contributed by atoms with E-state index in [4.69, 9.17) is 1.41 Å². The molecule has 0 spiro atoms. The summed E-state index contributed by atoms with van der Waals surface area (Å²) in [7, 11) is 1.50. The van der Waals surface area contributed by atoms with Gasteiger partial charge in [0.2, 0.25) is 0 Å². The third-order valence-electron chi connectivity index (χ3n) is 0.332. The van der Waals surface area contributed by atoms with Crippen LogP contribution in [0.2, 0.25) is 1.41 Å². The third kappa shape index (κ3) is 4.94. The van der Waals surface area contributed by atoms with E-state index in [0.717, 1.165) is 5.31 Å². The molecule has 0 aromatic carbocycles. The molecular formula is C5H4N2S. The quantitative estimate of drug-likeness (QED) is 0.360. The van der Waals surface area contributed by atoms with E-state index in [1.807, 2.05) is 0 Å². The van der Waals surface area contributed by atoms with Crippen LogP contribution in [0.15, 0.2) is 4.36 Å². The summed E-state index contributed by atoms with van der Waals surface area (Å²) in [6.45, 7) is 0. The van der Waals surface area contributed by atoms with Crippen molar-refractivity contribution in [2.75, 3.05) is 7.05 Å². The summed E-state index contributed by atoms with van der Waals surface area (Å²) in [5.41, 5.74) is 0. The number of hydrogen-bond acceptors (Lipinski definition) is 3. The van der Waals surface area contributed by atoms with Gasteiger partial charge >= 0.3 is 0 Å². The van der Waals surface area contributed by atoms with Crippen molar-refractivity contribution in [2.24, 2.45) is 4.36 Å². The van der Waals surface area contributed by atoms with Crippen molar-refractivity contribution < 1.29 is 1.41 Å². The van der Waals surface area contributed by atoms with Crippen molar-refractivity contribution in [3.63, 3.8) is 0 Å². The Labute approximate surface area is 55.3 Å². The monoisotopic (exact) mass is 125 g/mol. The maximum Gasteiger partial charge on any atom is 0.170 e. The summed E-state index contributed by atoms with van der Waals surface area (Å²) in [5, 5.41) is 0.956. The van der Waals surface area contributed by atoms with Crippen LogP contribution in [0.25, 0.3) is 0 Å². The number of nitrogens with one attached hydrogen (secondary N) is 1. The molecule has 0 bridgehead atoms. The molecule has 0 aliphatic heterocycles. The Morgan fingerprint density at radius 3 is 3.00 bits per heavy atom. The van der Waals surface area contributed by atoms with Gasteiger partial charge in [0, 0.05) is 24.9 Å². The lowest BCUT2D eigenvalue weighted by atomic mass is 10.7. The minimum atomic E-state index is 0.956. The van der Waals surface area contributed by atoms with Gasteiger partial charge in [-0.3, -0.25) is 0 Å². The average molecular weight is 125 g/mol. The smallest absolute Gasteiger partial charge is 0.170 e. The normalized spacial score (nSPS) is 6.38.